The van der Waals surface area contributed by atoms with Gasteiger partial charge >= 0.3 is 0 Å². The van der Waals surface area contributed by atoms with Gasteiger partial charge in [-0.1, -0.05) is 6.07 Å². The van der Waals surface area contributed by atoms with Crippen molar-refractivity contribution < 1.29 is 21.9 Å². The van der Waals surface area contributed by atoms with Gasteiger partial charge in [0.1, 0.15) is 11.6 Å². The highest BCUT2D eigenvalue weighted by Gasteiger charge is 2.38. The summed E-state index contributed by atoms with van der Waals surface area (Å²) in [5, 5.41) is 0. The van der Waals surface area contributed by atoms with Gasteiger partial charge < -0.3 is 4.74 Å². The lowest BCUT2D eigenvalue weighted by Gasteiger charge is -2.23. The van der Waals surface area contributed by atoms with E-state index in [0.717, 1.165) is 22.5 Å². The Kier molecular flexibility index (Phi) is 4.17. The lowest BCUT2D eigenvalue weighted by Crippen LogP contribution is -2.38. The molecule has 4 nitrogen and oxygen atoms in total. The quantitative estimate of drug-likeness (QED) is 0.849. The molecule has 0 aromatic heterocycles. The SMILES string of the molecule is COC[C@@H]1CCCN1S(=O)(=O)c1c(F)cccc1F. The van der Waals surface area contributed by atoms with Crippen LogP contribution >= 0.6 is 0 Å². The molecule has 19 heavy (non-hydrogen) atoms. The molecule has 0 amide bonds. The van der Waals surface area contributed by atoms with Crippen LogP contribution in [0.3, 0.4) is 0 Å². The molecule has 0 radical (unpaired) electrons. The first kappa shape index (κ1) is 14.4. The molecule has 1 aliphatic heterocycles. The standard InChI is InChI=1S/C12H15F2NO3S/c1-18-8-9-4-3-7-15(9)19(16,17)12-10(13)5-2-6-11(12)14/h2,5-6,9H,3-4,7-8H2,1H3/t9-/m0/s1. The minimum atomic E-state index is -4.17. The summed E-state index contributed by atoms with van der Waals surface area (Å²) in [6.45, 7) is 0.472. The summed E-state index contributed by atoms with van der Waals surface area (Å²) >= 11 is 0. The Balaban J connectivity index is 2.42. The Morgan fingerprint density at radius 3 is 2.58 bits per heavy atom. The van der Waals surface area contributed by atoms with Crippen LogP contribution in [0.25, 0.3) is 0 Å². The zero-order chi connectivity index (χ0) is 14.0. The molecule has 106 valence electrons. The second-order valence-electron chi connectivity index (χ2n) is 4.42. The monoisotopic (exact) mass is 291 g/mol. The summed E-state index contributed by atoms with van der Waals surface area (Å²) in [6, 6.07) is 2.66. The van der Waals surface area contributed by atoms with Gasteiger partial charge in [0.05, 0.1) is 6.61 Å². The third-order valence-corrected chi connectivity index (χ3v) is 5.17. The minimum absolute atomic E-state index is 0.218. The molecule has 1 heterocycles. The topological polar surface area (TPSA) is 46.6 Å². The molecule has 1 aromatic rings. The van der Waals surface area contributed by atoms with Crippen LogP contribution in [0.4, 0.5) is 8.78 Å². The normalized spacial score (nSPS) is 20.9. The van der Waals surface area contributed by atoms with Gasteiger partial charge in [-0.15, -0.1) is 0 Å². The number of methoxy groups -OCH3 is 1. The van der Waals surface area contributed by atoms with E-state index in [0.29, 0.717) is 12.8 Å². The van der Waals surface area contributed by atoms with Crippen molar-refractivity contribution in [2.24, 2.45) is 0 Å². The molecule has 2 rings (SSSR count). The van der Waals surface area contributed by atoms with E-state index in [1.807, 2.05) is 0 Å². The predicted molar refractivity (Wildman–Crippen MR) is 65.1 cm³/mol. The predicted octanol–water partition coefficient (Wildman–Crippen LogP) is 1.76. The van der Waals surface area contributed by atoms with Crippen molar-refractivity contribution in [1.29, 1.82) is 0 Å². The first-order valence-corrected chi connectivity index (χ1v) is 7.37. The first-order chi connectivity index (χ1) is 8.98. The van der Waals surface area contributed by atoms with E-state index >= 15 is 0 Å². The van der Waals surface area contributed by atoms with Gasteiger partial charge in [-0.2, -0.15) is 4.31 Å². The van der Waals surface area contributed by atoms with E-state index in [4.69, 9.17) is 4.74 Å². The van der Waals surface area contributed by atoms with Crippen LogP contribution in [0.15, 0.2) is 23.1 Å². The van der Waals surface area contributed by atoms with Gasteiger partial charge in [-0.25, -0.2) is 17.2 Å². The summed E-state index contributed by atoms with van der Waals surface area (Å²) in [6.07, 6.45) is 1.28. The maximum atomic E-state index is 13.6. The van der Waals surface area contributed by atoms with E-state index in [1.165, 1.54) is 7.11 Å². The molecule has 1 aromatic carbocycles. The van der Waals surface area contributed by atoms with Crippen LogP contribution < -0.4 is 0 Å². The smallest absolute Gasteiger partial charge is 0.249 e. The average molecular weight is 291 g/mol. The first-order valence-electron chi connectivity index (χ1n) is 5.93. The van der Waals surface area contributed by atoms with Crippen molar-refractivity contribution in [3.8, 4) is 0 Å². The maximum Gasteiger partial charge on any atom is 0.249 e. The fraction of sp³-hybridized carbons (Fsp3) is 0.500. The Labute approximate surface area is 111 Å². The number of halogens is 2. The van der Waals surface area contributed by atoms with E-state index in [1.54, 1.807) is 0 Å². The fourth-order valence-corrected chi connectivity index (χ4v) is 4.12. The lowest BCUT2D eigenvalue weighted by atomic mass is 10.2. The summed E-state index contributed by atoms with van der Waals surface area (Å²) in [5.74, 6) is -2.13. The van der Waals surface area contributed by atoms with Gasteiger partial charge in [0.15, 0.2) is 4.90 Å². The number of rotatable bonds is 4. The van der Waals surface area contributed by atoms with Crippen LogP contribution in [-0.2, 0) is 14.8 Å². The molecule has 1 atom stereocenters. The summed E-state index contributed by atoms with van der Waals surface area (Å²) in [4.78, 5) is -0.877. The van der Waals surface area contributed by atoms with Gasteiger partial charge in [-0.3, -0.25) is 0 Å². The van der Waals surface area contributed by atoms with Crippen LogP contribution in [0.1, 0.15) is 12.8 Å². The highest BCUT2D eigenvalue weighted by atomic mass is 32.2. The third kappa shape index (κ3) is 2.63. The Morgan fingerprint density at radius 2 is 2.00 bits per heavy atom. The zero-order valence-electron chi connectivity index (χ0n) is 10.5. The number of ether oxygens (including phenoxy) is 1. The van der Waals surface area contributed by atoms with Crippen molar-refractivity contribution in [2.75, 3.05) is 20.3 Å². The van der Waals surface area contributed by atoms with Crippen molar-refractivity contribution in [1.82, 2.24) is 4.31 Å². The summed E-state index contributed by atoms with van der Waals surface area (Å²) < 4.78 is 58.1. The second kappa shape index (κ2) is 5.52. The number of hydrogen-bond acceptors (Lipinski definition) is 3. The molecule has 0 aliphatic carbocycles. The molecule has 1 aliphatic rings. The van der Waals surface area contributed by atoms with Gasteiger partial charge in [-0.05, 0) is 25.0 Å². The van der Waals surface area contributed by atoms with E-state index in [9.17, 15) is 17.2 Å². The van der Waals surface area contributed by atoms with Crippen LogP contribution in [0, 0.1) is 11.6 Å². The van der Waals surface area contributed by atoms with Gasteiger partial charge in [0.25, 0.3) is 0 Å². The molecule has 1 saturated heterocycles. The van der Waals surface area contributed by atoms with Crippen molar-refractivity contribution in [3.63, 3.8) is 0 Å². The minimum Gasteiger partial charge on any atom is -0.383 e. The number of benzene rings is 1. The molecule has 0 spiro atoms. The number of sulfonamides is 1. The molecule has 0 unspecified atom stereocenters. The van der Waals surface area contributed by atoms with Crippen LogP contribution in [0.5, 0.6) is 0 Å². The highest BCUT2D eigenvalue weighted by molar-refractivity contribution is 7.89. The average Bonchev–Trinajstić information content (AvgIpc) is 2.78. The Morgan fingerprint density at radius 1 is 1.37 bits per heavy atom. The van der Waals surface area contributed by atoms with Crippen molar-refractivity contribution in [3.05, 3.63) is 29.8 Å². The van der Waals surface area contributed by atoms with Crippen LogP contribution in [-0.4, -0.2) is 39.0 Å². The molecule has 0 bridgehead atoms. The van der Waals surface area contributed by atoms with Crippen molar-refractivity contribution >= 4 is 10.0 Å². The molecule has 1 fully saturated rings. The summed E-state index contributed by atoms with van der Waals surface area (Å²) in [5.41, 5.74) is 0. The highest BCUT2D eigenvalue weighted by Crippen LogP contribution is 2.29. The largest absolute Gasteiger partial charge is 0.383 e. The Bertz CT molecular complexity index is 542. The van der Waals surface area contributed by atoms with E-state index < -0.39 is 26.6 Å². The maximum absolute atomic E-state index is 13.6. The molecule has 0 N–H and O–H groups in total. The van der Waals surface area contributed by atoms with Gasteiger partial charge in [0.2, 0.25) is 10.0 Å². The number of nitrogens with zero attached hydrogens (tertiary/aromatic N) is 1. The Hall–Kier alpha value is -1.05. The number of hydrogen-bond donors (Lipinski definition) is 0. The lowest BCUT2D eigenvalue weighted by molar-refractivity contribution is 0.148. The fourth-order valence-electron chi connectivity index (χ4n) is 2.33. The van der Waals surface area contributed by atoms with E-state index in [2.05, 4.69) is 0 Å². The van der Waals surface area contributed by atoms with Gasteiger partial charge in [0, 0.05) is 19.7 Å². The second-order valence-corrected chi connectivity index (χ2v) is 6.25. The third-order valence-electron chi connectivity index (χ3n) is 3.17. The van der Waals surface area contributed by atoms with Crippen LogP contribution in [0.2, 0.25) is 0 Å². The molecular formula is C12H15F2NO3S. The molecule has 7 heteroatoms. The van der Waals surface area contributed by atoms with Crippen molar-refractivity contribution in [2.45, 2.75) is 23.8 Å². The summed E-state index contributed by atoms with van der Waals surface area (Å²) in [7, 11) is -2.70. The van der Waals surface area contributed by atoms with E-state index in [-0.39, 0.29) is 19.2 Å². The zero-order valence-corrected chi connectivity index (χ0v) is 11.3. The molecular weight excluding hydrogens is 276 g/mol. The molecule has 0 saturated carbocycles.